The Labute approximate surface area is 133 Å². The van der Waals surface area contributed by atoms with E-state index < -0.39 is 5.91 Å². The van der Waals surface area contributed by atoms with Crippen molar-refractivity contribution >= 4 is 5.91 Å². The van der Waals surface area contributed by atoms with Gasteiger partial charge in [0.05, 0.1) is 17.9 Å². The largest absolute Gasteiger partial charge is 0.489 e. The molecule has 2 heterocycles. The van der Waals surface area contributed by atoms with Gasteiger partial charge in [0.1, 0.15) is 6.26 Å². The highest BCUT2D eigenvalue weighted by Crippen LogP contribution is 2.34. The lowest BCUT2D eigenvalue weighted by atomic mass is 10.1. The molecule has 5 heteroatoms. The average molecular weight is 308 g/mol. The minimum absolute atomic E-state index is 0.0541. The van der Waals surface area contributed by atoms with Gasteiger partial charge in [0.2, 0.25) is 5.76 Å². The van der Waals surface area contributed by atoms with Gasteiger partial charge in [-0.05, 0) is 17.7 Å². The molecule has 1 aromatic carbocycles. The molecule has 0 atom stereocenters. The molecule has 0 bridgehead atoms. The molecule has 0 aliphatic heterocycles. The molecule has 0 radical (unpaired) electrons. The van der Waals surface area contributed by atoms with Crippen molar-refractivity contribution in [3.63, 3.8) is 0 Å². The molecule has 0 saturated heterocycles. The van der Waals surface area contributed by atoms with E-state index in [0.29, 0.717) is 23.6 Å². The number of hydrogen-bond acceptors (Lipinski definition) is 4. The van der Waals surface area contributed by atoms with Crippen molar-refractivity contribution in [2.24, 2.45) is 5.73 Å². The van der Waals surface area contributed by atoms with Crippen molar-refractivity contribution in [3.05, 3.63) is 72.3 Å². The third-order valence-corrected chi connectivity index (χ3v) is 3.39. The first-order chi connectivity index (χ1) is 11.3. The highest BCUT2D eigenvalue weighted by molar-refractivity contribution is 5.98. The number of aromatic nitrogens is 1. The Morgan fingerprint density at radius 1 is 1.13 bits per heavy atom. The second kappa shape index (κ2) is 6.79. The lowest BCUT2D eigenvalue weighted by molar-refractivity contribution is 0.0974. The summed E-state index contributed by atoms with van der Waals surface area (Å²) < 4.78 is 11.1. The van der Waals surface area contributed by atoms with E-state index in [9.17, 15) is 4.79 Å². The number of ether oxygens (including phenoxy) is 1. The van der Waals surface area contributed by atoms with Gasteiger partial charge >= 0.3 is 0 Å². The van der Waals surface area contributed by atoms with E-state index in [1.807, 2.05) is 36.4 Å². The Bertz CT molecular complexity index is 783. The zero-order valence-electron chi connectivity index (χ0n) is 12.4. The van der Waals surface area contributed by atoms with Crippen LogP contribution in [0.1, 0.15) is 16.1 Å². The van der Waals surface area contributed by atoms with Gasteiger partial charge in [-0.15, -0.1) is 0 Å². The molecule has 5 nitrogen and oxygen atoms in total. The first kappa shape index (κ1) is 14.8. The number of nitrogens with two attached hydrogens (primary N) is 1. The molecule has 3 aromatic rings. The topological polar surface area (TPSA) is 78.4 Å². The second-order valence-electron chi connectivity index (χ2n) is 4.97. The van der Waals surface area contributed by atoms with Crippen LogP contribution in [0.2, 0.25) is 0 Å². The van der Waals surface area contributed by atoms with Crippen molar-refractivity contribution in [1.82, 2.24) is 4.98 Å². The van der Waals surface area contributed by atoms with Gasteiger partial charge in [-0.3, -0.25) is 9.78 Å². The maximum Gasteiger partial charge on any atom is 0.285 e. The number of pyridine rings is 1. The molecule has 0 unspecified atom stereocenters. The van der Waals surface area contributed by atoms with E-state index >= 15 is 0 Å². The molecule has 116 valence electrons. The van der Waals surface area contributed by atoms with Crippen LogP contribution in [0.5, 0.6) is 5.75 Å². The lowest BCUT2D eigenvalue weighted by Crippen LogP contribution is -2.11. The number of nitrogens with zero attached hydrogens (tertiary/aromatic N) is 1. The Morgan fingerprint density at radius 3 is 2.61 bits per heavy atom. The third-order valence-electron chi connectivity index (χ3n) is 3.39. The fourth-order valence-electron chi connectivity index (χ4n) is 2.31. The first-order valence-corrected chi connectivity index (χ1v) is 7.25. The first-order valence-electron chi connectivity index (χ1n) is 7.25. The monoisotopic (exact) mass is 308 g/mol. The van der Waals surface area contributed by atoms with Gasteiger partial charge in [-0.25, -0.2) is 0 Å². The van der Waals surface area contributed by atoms with Crippen molar-refractivity contribution in [2.45, 2.75) is 6.42 Å². The van der Waals surface area contributed by atoms with Crippen LogP contribution in [0.4, 0.5) is 0 Å². The lowest BCUT2D eigenvalue weighted by Gasteiger charge is -2.07. The number of rotatable bonds is 6. The van der Waals surface area contributed by atoms with E-state index in [2.05, 4.69) is 4.98 Å². The highest BCUT2D eigenvalue weighted by atomic mass is 16.5. The minimum Gasteiger partial charge on any atom is -0.489 e. The number of hydrogen-bond donors (Lipinski definition) is 1. The Kier molecular flexibility index (Phi) is 4.38. The van der Waals surface area contributed by atoms with Crippen molar-refractivity contribution < 1.29 is 13.9 Å². The third kappa shape index (κ3) is 3.40. The predicted octanol–water partition coefficient (Wildman–Crippen LogP) is 3.06. The van der Waals surface area contributed by atoms with Crippen LogP contribution >= 0.6 is 0 Å². The summed E-state index contributed by atoms with van der Waals surface area (Å²) in [6.45, 7) is 0.460. The number of carbonyl (C=O) groups excluding carboxylic acids is 1. The summed E-state index contributed by atoms with van der Waals surface area (Å²) in [7, 11) is 0. The molecular weight excluding hydrogens is 292 g/mol. The summed E-state index contributed by atoms with van der Waals surface area (Å²) in [5.41, 5.74) is 7.62. The maximum atomic E-state index is 11.5. The van der Waals surface area contributed by atoms with Gasteiger partial charge in [-0.1, -0.05) is 36.4 Å². The molecule has 23 heavy (non-hydrogen) atoms. The maximum absolute atomic E-state index is 11.5. The molecule has 0 aliphatic rings. The second-order valence-corrected chi connectivity index (χ2v) is 4.97. The van der Waals surface area contributed by atoms with Gasteiger partial charge in [0.15, 0.2) is 5.75 Å². The molecule has 0 fully saturated rings. The van der Waals surface area contributed by atoms with Crippen LogP contribution in [0.25, 0.3) is 11.3 Å². The van der Waals surface area contributed by atoms with Gasteiger partial charge in [0, 0.05) is 12.6 Å². The quantitative estimate of drug-likeness (QED) is 0.759. The number of carbonyl (C=O) groups is 1. The van der Waals surface area contributed by atoms with E-state index in [4.69, 9.17) is 14.9 Å². The number of amides is 1. The molecular formula is C18H16N2O3. The number of furan rings is 1. The summed E-state index contributed by atoms with van der Waals surface area (Å²) >= 11 is 0. The zero-order chi connectivity index (χ0) is 16.1. The fraction of sp³-hybridized carbons (Fsp3) is 0.111. The summed E-state index contributed by atoms with van der Waals surface area (Å²) in [6.07, 6.45) is 3.79. The predicted molar refractivity (Wildman–Crippen MR) is 86.1 cm³/mol. The fourth-order valence-corrected chi connectivity index (χ4v) is 2.31. The summed E-state index contributed by atoms with van der Waals surface area (Å²) in [6, 6.07) is 15.4. The van der Waals surface area contributed by atoms with Gasteiger partial charge in [-0.2, -0.15) is 0 Å². The van der Waals surface area contributed by atoms with E-state index in [-0.39, 0.29) is 5.76 Å². The minimum atomic E-state index is -0.649. The Morgan fingerprint density at radius 2 is 1.91 bits per heavy atom. The Balaban J connectivity index is 1.81. The zero-order valence-corrected chi connectivity index (χ0v) is 12.4. The highest BCUT2D eigenvalue weighted by Gasteiger charge is 2.21. The molecule has 0 saturated carbocycles. The molecule has 0 spiro atoms. The molecule has 2 aromatic heterocycles. The normalized spacial score (nSPS) is 10.4. The van der Waals surface area contributed by atoms with Crippen molar-refractivity contribution in [2.75, 3.05) is 6.61 Å². The van der Waals surface area contributed by atoms with Crippen LogP contribution in [0.15, 0.2) is 65.4 Å². The average Bonchev–Trinajstić information content (AvgIpc) is 3.01. The molecule has 0 aliphatic carbocycles. The molecule has 3 rings (SSSR count). The summed E-state index contributed by atoms with van der Waals surface area (Å²) in [5, 5.41) is 0. The smallest absolute Gasteiger partial charge is 0.285 e. The van der Waals surface area contributed by atoms with Crippen LogP contribution in [-0.4, -0.2) is 17.5 Å². The van der Waals surface area contributed by atoms with E-state index in [0.717, 1.165) is 6.42 Å². The van der Waals surface area contributed by atoms with Gasteiger partial charge in [0.25, 0.3) is 5.91 Å². The van der Waals surface area contributed by atoms with E-state index in [1.54, 1.807) is 18.3 Å². The summed E-state index contributed by atoms with van der Waals surface area (Å²) in [5.74, 6) is -0.129. The van der Waals surface area contributed by atoms with Crippen LogP contribution in [-0.2, 0) is 6.42 Å². The Hall–Kier alpha value is -3.08. The van der Waals surface area contributed by atoms with Crippen molar-refractivity contribution in [3.8, 4) is 17.0 Å². The van der Waals surface area contributed by atoms with Crippen LogP contribution < -0.4 is 10.5 Å². The number of benzene rings is 1. The summed E-state index contributed by atoms with van der Waals surface area (Å²) in [4.78, 5) is 15.8. The van der Waals surface area contributed by atoms with Gasteiger partial charge < -0.3 is 14.9 Å². The van der Waals surface area contributed by atoms with Crippen LogP contribution in [0, 0.1) is 0 Å². The van der Waals surface area contributed by atoms with Crippen LogP contribution in [0.3, 0.4) is 0 Å². The molecule has 2 N–H and O–H groups in total. The molecule has 1 amide bonds. The standard InChI is InChI=1S/C18H16N2O3/c19-18(21)17-16(14-8-4-5-10-20-14)15(12-23-17)22-11-9-13-6-2-1-3-7-13/h1-8,10,12H,9,11H2,(H2,19,21). The SMILES string of the molecule is NC(=O)c1occ(OCCc2ccccc2)c1-c1ccccn1. The van der Waals surface area contributed by atoms with E-state index in [1.165, 1.54) is 11.8 Å². The van der Waals surface area contributed by atoms with Crippen molar-refractivity contribution in [1.29, 1.82) is 0 Å². The number of primary amides is 1.